The van der Waals surface area contributed by atoms with E-state index in [9.17, 15) is 13.6 Å². The fourth-order valence-electron chi connectivity index (χ4n) is 2.80. The molecule has 2 aromatic carbocycles. The Hall–Kier alpha value is -3.22. The first-order valence-corrected chi connectivity index (χ1v) is 8.94. The third-order valence-corrected chi connectivity index (χ3v) is 4.28. The lowest BCUT2D eigenvalue weighted by Crippen LogP contribution is -2.26. The summed E-state index contributed by atoms with van der Waals surface area (Å²) >= 11 is 0. The molecule has 146 valence electrons. The number of aryl methyl sites for hydroxylation is 1. The molecule has 1 aromatic heterocycles. The molecule has 7 heteroatoms. The number of benzene rings is 2. The fourth-order valence-corrected chi connectivity index (χ4v) is 2.80. The van der Waals surface area contributed by atoms with E-state index in [4.69, 9.17) is 0 Å². The maximum Gasteiger partial charge on any atom is 0.387 e. The number of halogens is 2. The van der Waals surface area contributed by atoms with Gasteiger partial charge in [0.15, 0.2) is 0 Å². The van der Waals surface area contributed by atoms with Gasteiger partial charge in [-0.15, -0.1) is 0 Å². The maximum absolute atomic E-state index is 12.2. The summed E-state index contributed by atoms with van der Waals surface area (Å²) in [6.45, 7) is -1.01. The van der Waals surface area contributed by atoms with Crippen LogP contribution in [0, 0.1) is 0 Å². The number of ether oxygens (including phenoxy) is 1. The average Bonchev–Trinajstić information content (AvgIpc) is 3.16. The first-order chi connectivity index (χ1) is 13.5. The van der Waals surface area contributed by atoms with Crippen LogP contribution in [-0.4, -0.2) is 22.3 Å². The van der Waals surface area contributed by atoms with E-state index < -0.39 is 6.61 Å². The van der Waals surface area contributed by atoms with E-state index in [1.165, 1.54) is 12.1 Å². The molecular formula is C21H21F2N3O2. The van der Waals surface area contributed by atoms with E-state index in [0.717, 1.165) is 16.8 Å². The van der Waals surface area contributed by atoms with Crippen LogP contribution in [0.15, 0.2) is 67.0 Å². The number of alkyl halides is 2. The van der Waals surface area contributed by atoms with Crippen LogP contribution in [0.2, 0.25) is 0 Å². The number of rotatable bonds is 8. The van der Waals surface area contributed by atoms with Crippen LogP contribution in [0.5, 0.6) is 5.75 Å². The third kappa shape index (κ3) is 5.39. The zero-order chi connectivity index (χ0) is 19.9. The zero-order valence-electron chi connectivity index (χ0n) is 15.4. The standard InChI is InChI=1S/C21H21F2N3O2/c1-15(17-8-10-19(11-9-17)28-21(22)23)25-20(27)12-7-16-13-24-26(14-16)18-5-3-2-4-6-18/h2-6,8-11,13-15,21H,7,12H2,1H3,(H,25,27). The molecule has 0 spiro atoms. The number of aromatic nitrogens is 2. The summed E-state index contributed by atoms with van der Waals surface area (Å²) < 4.78 is 30.5. The van der Waals surface area contributed by atoms with Gasteiger partial charge in [0.1, 0.15) is 5.75 Å². The number of hydrogen-bond acceptors (Lipinski definition) is 3. The number of carbonyl (C=O) groups excluding carboxylic acids is 1. The number of nitrogens with one attached hydrogen (secondary N) is 1. The summed E-state index contributed by atoms with van der Waals surface area (Å²) in [6.07, 6.45) is 4.57. The number of nitrogens with zero attached hydrogens (tertiary/aromatic N) is 2. The highest BCUT2D eigenvalue weighted by Gasteiger charge is 2.11. The Morgan fingerprint density at radius 1 is 1.14 bits per heavy atom. The Bertz CT molecular complexity index is 896. The Morgan fingerprint density at radius 2 is 1.86 bits per heavy atom. The highest BCUT2D eigenvalue weighted by Crippen LogP contribution is 2.19. The molecule has 0 aliphatic carbocycles. The van der Waals surface area contributed by atoms with Crippen molar-refractivity contribution in [2.45, 2.75) is 32.4 Å². The molecule has 1 heterocycles. The van der Waals surface area contributed by atoms with Crippen molar-refractivity contribution in [3.8, 4) is 11.4 Å². The molecule has 0 fully saturated rings. The summed E-state index contributed by atoms with van der Waals surface area (Å²) in [5.74, 6) is 0.000530. The van der Waals surface area contributed by atoms with Crippen molar-refractivity contribution in [2.75, 3.05) is 0 Å². The zero-order valence-corrected chi connectivity index (χ0v) is 15.4. The third-order valence-electron chi connectivity index (χ3n) is 4.28. The van der Waals surface area contributed by atoms with Crippen molar-refractivity contribution in [3.63, 3.8) is 0 Å². The van der Waals surface area contributed by atoms with Gasteiger partial charge in [0.05, 0.1) is 17.9 Å². The Morgan fingerprint density at radius 3 is 2.54 bits per heavy atom. The van der Waals surface area contributed by atoms with Crippen LogP contribution in [0.3, 0.4) is 0 Å². The van der Waals surface area contributed by atoms with E-state index in [1.807, 2.05) is 43.5 Å². The Kier molecular flexibility index (Phi) is 6.37. The van der Waals surface area contributed by atoms with Crippen LogP contribution in [-0.2, 0) is 11.2 Å². The second-order valence-corrected chi connectivity index (χ2v) is 6.37. The van der Waals surface area contributed by atoms with Crippen molar-refractivity contribution in [1.29, 1.82) is 0 Å². The first kappa shape index (κ1) is 19.5. The van der Waals surface area contributed by atoms with Gasteiger partial charge in [-0.1, -0.05) is 30.3 Å². The minimum Gasteiger partial charge on any atom is -0.435 e. The lowest BCUT2D eigenvalue weighted by Gasteiger charge is -2.15. The van der Waals surface area contributed by atoms with Crippen LogP contribution in [0.25, 0.3) is 5.69 Å². The summed E-state index contributed by atoms with van der Waals surface area (Å²) in [4.78, 5) is 12.2. The van der Waals surface area contributed by atoms with Crippen molar-refractivity contribution in [2.24, 2.45) is 0 Å². The summed E-state index contributed by atoms with van der Waals surface area (Å²) in [7, 11) is 0. The smallest absolute Gasteiger partial charge is 0.387 e. The molecule has 5 nitrogen and oxygen atoms in total. The Labute approximate surface area is 161 Å². The minimum atomic E-state index is -2.85. The van der Waals surface area contributed by atoms with Crippen LogP contribution in [0.1, 0.15) is 30.5 Å². The average molecular weight is 385 g/mol. The number of hydrogen-bond donors (Lipinski definition) is 1. The summed E-state index contributed by atoms with van der Waals surface area (Å²) in [5.41, 5.74) is 2.75. The minimum absolute atomic E-state index is 0.0899. The topological polar surface area (TPSA) is 56.2 Å². The van der Waals surface area contributed by atoms with Gasteiger partial charge in [-0.05, 0) is 48.7 Å². The van der Waals surface area contributed by atoms with Crippen molar-refractivity contribution < 1.29 is 18.3 Å². The molecular weight excluding hydrogens is 364 g/mol. The molecule has 0 saturated carbocycles. The first-order valence-electron chi connectivity index (χ1n) is 8.94. The van der Waals surface area contributed by atoms with Gasteiger partial charge in [0.25, 0.3) is 0 Å². The van der Waals surface area contributed by atoms with E-state index in [2.05, 4.69) is 15.2 Å². The van der Waals surface area contributed by atoms with Gasteiger partial charge in [-0.25, -0.2) is 4.68 Å². The predicted molar refractivity (Wildman–Crippen MR) is 102 cm³/mol. The molecule has 28 heavy (non-hydrogen) atoms. The molecule has 0 radical (unpaired) electrons. The van der Waals surface area contributed by atoms with E-state index >= 15 is 0 Å². The van der Waals surface area contributed by atoms with Gasteiger partial charge < -0.3 is 10.1 Å². The molecule has 3 rings (SSSR count). The highest BCUT2D eigenvalue weighted by molar-refractivity contribution is 5.76. The molecule has 1 amide bonds. The SMILES string of the molecule is CC(NC(=O)CCc1cnn(-c2ccccc2)c1)c1ccc(OC(F)F)cc1. The second-order valence-electron chi connectivity index (χ2n) is 6.37. The largest absolute Gasteiger partial charge is 0.435 e. The summed E-state index contributed by atoms with van der Waals surface area (Å²) in [6, 6.07) is 15.8. The summed E-state index contributed by atoms with van der Waals surface area (Å²) in [5, 5.41) is 7.23. The van der Waals surface area contributed by atoms with Crippen molar-refractivity contribution in [3.05, 3.63) is 78.1 Å². The monoisotopic (exact) mass is 385 g/mol. The van der Waals surface area contributed by atoms with E-state index in [-0.39, 0.29) is 17.7 Å². The lowest BCUT2D eigenvalue weighted by molar-refractivity contribution is -0.121. The molecule has 0 bridgehead atoms. The molecule has 1 atom stereocenters. The number of carbonyl (C=O) groups is 1. The second kappa shape index (κ2) is 9.12. The molecule has 3 aromatic rings. The quantitative estimate of drug-likeness (QED) is 0.630. The molecule has 0 aliphatic rings. The Balaban J connectivity index is 1.49. The van der Waals surface area contributed by atoms with Crippen molar-refractivity contribution in [1.82, 2.24) is 15.1 Å². The predicted octanol–water partition coefficient (Wildman–Crippen LogP) is 4.28. The molecule has 0 aliphatic heterocycles. The highest BCUT2D eigenvalue weighted by atomic mass is 19.3. The normalized spacial score (nSPS) is 12.0. The van der Waals surface area contributed by atoms with Crippen molar-refractivity contribution >= 4 is 5.91 Å². The van der Waals surface area contributed by atoms with Gasteiger partial charge in [0, 0.05) is 12.6 Å². The van der Waals surface area contributed by atoms with Crippen LogP contribution >= 0.6 is 0 Å². The van der Waals surface area contributed by atoms with Gasteiger partial charge >= 0.3 is 6.61 Å². The molecule has 1 unspecified atom stereocenters. The van der Waals surface area contributed by atoms with E-state index in [0.29, 0.717) is 12.8 Å². The van der Waals surface area contributed by atoms with Gasteiger partial charge in [-0.2, -0.15) is 13.9 Å². The van der Waals surface area contributed by atoms with Crippen LogP contribution in [0.4, 0.5) is 8.78 Å². The fraction of sp³-hybridized carbons (Fsp3) is 0.238. The lowest BCUT2D eigenvalue weighted by atomic mass is 10.1. The molecule has 1 N–H and O–H groups in total. The maximum atomic E-state index is 12.2. The number of para-hydroxylation sites is 1. The molecule has 0 saturated heterocycles. The number of amides is 1. The van der Waals surface area contributed by atoms with Crippen LogP contribution < -0.4 is 10.1 Å². The van der Waals surface area contributed by atoms with E-state index in [1.54, 1.807) is 23.0 Å². The van der Waals surface area contributed by atoms with Gasteiger partial charge in [0.2, 0.25) is 5.91 Å². The van der Waals surface area contributed by atoms with Gasteiger partial charge in [-0.3, -0.25) is 4.79 Å².